The van der Waals surface area contributed by atoms with E-state index in [0.717, 1.165) is 17.5 Å². The summed E-state index contributed by atoms with van der Waals surface area (Å²) in [7, 11) is -3.76. The Morgan fingerprint density at radius 2 is 1.81 bits per heavy atom. The second kappa shape index (κ2) is 9.03. The van der Waals surface area contributed by atoms with Crippen molar-refractivity contribution in [2.45, 2.75) is 11.8 Å². The lowest BCUT2D eigenvalue weighted by Gasteiger charge is -2.03. The van der Waals surface area contributed by atoms with Gasteiger partial charge in [-0.2, -0.15) is 0 Å². The van der Waals surface area contributed by atoms with Gasteiger partial charge in [0.15, 0.2) is 0 Å². The van der Waals surface area contributed by atoms with Crippen LogP contribution in [0.15, 0.2) is 79.9 Å². The van der Waals surface area contributed by atoms with Gasteiger partial charge in [0.25, 0.3) is 5.24 Å². The monoisotopic (exact) mass is 469 g/mol. The normalized spacial score (nSPS) is 16.5. The molecule has 0 bridgehead atoms. The van der Waals surface area contributed by atoms with Crippen LogP contribution in [0.1, 0.15) is 12.7 Å². The molecular weight excluding hydrogens is 450 g/mol. The maximum Gasteiger partial charge on any atom is 0.289 e. The third kappa shape index (κ3) is 5.10. The Morgan fingerprint density at radius 1 is 1.09 bits per heavy atom. The van der Waals surface area contributed by atoms with Crippen LogP contribution in [0.25, 0.3) is 17.4 Å². The molecule has 8 nitrogen and oxygen atoms in total. The molecule has 0 saturated carbocycles. The number of carbonyl (C=O) groups excluding carboxylic acids is 1. The van der Waals surface area contributed by atoms with Gasteiger partial charge in [-0.25, -0.2) is 18.5 Å². The molecule has 0 radical (unpaired) electrons. The molecule has 0 atom stereocenters. The van der Waals surface area contributed by atoms with Crippen molar-refractivity contribution in [1.29, 1.82) is 0 Å². The van der Waals surface area contributed by atoms with Crippen LogP contribution in [0.2, 0.25) is 0 Å². The van der Waals surface area contributed by atoms with E-state index in [1.54, 1.807) is 42.5 Å². The molecule has 3 aromatic rings. The number of sulfonamides is 1. The standard InChI is InChI=1S/C22H19N3O5S2/c1-2-29-16-7-5-15(6-8-16)24-21-20(31-22(26)25-21)13-17-9-12-19(30-17)14-3-10-18(11-4-14)32(23,27)28/h3-13H,2H2,1H3,(H2,23,27,28)(H,24,25,26). The van der Waals surface area contributed by atoms with E-state index in [2.05, 4.69) is 10.3 Å². The van der Waals surface area contributed by atoms with E-state index in [0.29, 0.717) is 40.1 Å². The molecular formula is C22H19N3O5S2. The summed E-state index contributed by atoms with van der Waals surface area (Å²) >= 11 is 1.02. The van der Waals surface area contributed by atoms with E-state index < -0.39 is 10.0 Å². The summed E-state index contributed by atoms with van der Waals surface area (Å²) in [5.74, 6) is 2.25. The van der Waals surface area contributed by atoms with Crippen LogP contribution in [-0.4, -0.2) is 26.1 Å². The predicted molar refractivity (Wildman–Crippen MR) is 124 cm³/mol. The number of primary sulfonamides is 1. The van der Waals surface area contributed by atoms with Crippen LogP contribution < -0.4 is 15.2 Å². The van der Waals surface area contributed by atoms with Gasteiger partial charge in [-0.1, -0.05) is 0 Å². The summed E-state index contributed by atoms with van der Waals surface area (Å²) in [5.41, 5.74) is 1.37. The second-order valence-electron chi connectivity index (χ2n) is 6.68. The minimum absolute atomic E-state index is 0.0252. The van der Waals surface area contributed by atoms with Crippen molar-refractivity contribution in [2.75, 3.05) is 6.61 Å². The number of amidine groups is 1. The molecule has 32 heavy (non-hydrogen) atoms. The highest BCUT2D eigenvalue weighted by Crippen LogP contribution is 2.31. The molecule has 0 spiro atoms. The minimum Gasteiger partial charge on any atom is -0.494 e. The van der Waals surface area contributed by atoms with Crippen LogP contribution in [0.5, 0.6) is 5.75 Å². The van der Waals surface area contributed by atoms with Crippen molar-refractivity contribution >= 4 is 44.6 Å². The summed E-state index contributed by atoms with van der Waals surface area (Å²) in [4.78, 5) is 17.1. The number of nitrogens with two attached hydrogens (primary N) is 1. The number of aliphatic imine (C=N–C) groups is 1. The van der Waals surface area contributed by atoms with Gasteiger partial charge < -0.3 is 14.5 Å². The quantitative estimate of drug-likeness (QED) is 0.547. The fourth-order valence-corrected chi connectivity index (χ4v) is 4.18. The maximum atomic E-state index is 11.9. The fraction of sp³-hybridized carbons (Fsp3) is 0.0909. The number of carbonyl (C=O) groups is 1. The number of nitrogens with zero attached hydrogens (tertiary/aromatic N) is 1. The summed E-state index contributed by atoms with van der Waals surface area (Å²) < 4.78 is 34.1. The first-order valence-corrected chi connectivity index (χ1v) is 11.9. The molecule has 2 aromatic carbocycles. The number of hydrogen-bond donors (Lipinski definition) is 2. The molecule has 1 amide bonds. The number of rotatable bonds is 6. The minimum atomic E-state index is -3.76. The molecule has 1 aromatic heterocycles. The largest absolute Gasteiger partial charge is 0.494 e. The van der Waals surface area contributed by atoms with Gasteiger partial charge in [0.2, 0.25) is 10.0 Å². The van der Waals surface area contributed by atoms with E-state index in [1.165, 1.54) is 12.1 Å². The average Bonchev–Trinajstić information content (AvgIpc) is 3.36. The van der Waals surface area contributed by atoms with Gasteiger partial charge in [0, 0.05) is 5.56 Å². The highest BCUT2D eigenvalue weighted by atomic mass is 32.2. The number of ether oxygens (including phenoxy) is 1. The Balaban J connectivity index is 1.57. The third-order valence-corrected chi connectivity index (χ3v) is 6.16. The molecule has 1 aliphatic heterocycles. The van der Waals surface area contributed by atoms with Crippen molar-refractivity contribution in [3.8, 4) is 17.1 Å². The van der Waals surface area contributed by atoms with Crippen molar-refractivity contribution in [3.63, 3.8) is 0 Å². The lowest BCUT2D eigenvalue weighted by molar-refractivity contribution is 0.265. The van der Waals surface area contributed by atoms with Crippen LogP contribution in [0, 0.1) is 0 Å². The Bertz CT molecular complexity index is 1310. The van der Waals surface area contributed by atoms with E-state index in [4.69, 9.17) is 14.3 Å². The van der Waals surface area contributed by atoms with Crippen molar-refractivity contribution in [2.24, 2.45) is 10.1 Å². The van der Waals surface area contributed by atoms with Gasteiger partial charge >= 0.3 is 0 Å². The summed E-state index contributed by atoms with van der Waals surface area (Å²) in [6, 6.07) is 16.8. The van der Waals surface area contributed by atoms with Gasteiger partial charge in [-0.15, -0.1) is 0 Å². The van der Waals surface area contributed by atoms with E-state index in [9.17, 15) is 13.2 Å². The van der Waals surface area contributed by atoms with Crippen molar-refractivity contribution in [1.82, 2.24) is 5.32 Å². The average molecular weight is 470 g/mol. The van der Waals surface area contributed by atoms with Crippen molar-refractivity contribution < 1.29 is 22.4 Å². The molecule has 1 fully saturated rings. The zero-order valence-electron chi connectivity index (χ0n) is 16.9. The first kappa shape index (κ1) is 21.9. The first-order valence-electron chi connectivity index (χ1n) is 9.57. The van der Waals surface area contributed by atoms with Gasteiger partial charge in [0.05, 0.1) is 22.1 Å². The summed E-state index contributed by atoms with van der Waals surface area (Å²) in [6.07, 6.45) is 1.72. The molecule has 0 unspecified atom stereocenters. The zero-order chi connectivity index (χ0) is 22.7. The van der Waals surface area contributed by atoms with Crippen LogP contribution in [-0.2, 0) is 10.0 Å². The lowest BCUT2D eigenvalue weighted by atomic mass is 10.2. The first-order chi connectivity index (χ1) is 15.3. The Hall–Kier alpha value is -3.34. The molecule has 10 heteroatoms. The van der Waals surface area contributed by atoms with Crippen LogP contribution >= 0.6 is 11.8 Å². The molecule has 3 N–H and O–H groups in total. The molecule has 2 heterocycles. The molecule has 164 valence electrons. The van der Waals surface area contributed by atoms with E-state index in [-0.39, 0.29) is 10.1 Å². The molecule has 1 saturated heterocycles. The lowest BCUT2D eigenvalue weighted by Crippen LogP contribution is -2.18. The van der Waals surface area contributed by atoms with Gasteiger partial charge in [0.1, 0.15) is 23.1 Å². The number of furan rings is 1. The fourth-order valence-electron chi connectivity index (χ4n) is 2.95. The highest BCUT2D eigenvalue weighted by molar-refractivity contribution is 8.18. The number of thioether (sulfide) groups is 1. The molecule has 0 aliphatic carbocycles. The van der Waals surface area contributed by atoms with E-state index >= 15 is 0 Å². The topological polar surface area (TPSA) is 124 Å². The molecule has 4 rings (SSSR count). The number of nitrogens with one attached hydrogen (secondary N) is 1. The third-order valence-electron chi connectivity index (χ3n) is 4.41. The number of benzene rings is 2. The highest BCUT2D eigenvalue weighted by Gasteiger charge is 2.24. The predicted octanol–water partition coefficient (Wildman–Crippen LogP) is 4.52. The zero-order valence-corrected chi connectivity index (χ0v) is 18.6. The second-order valence-corrected chi connectivity index (χ2v) is 9.26. The maximum absolute atomic E-state index is 11.9. The summed E-state index contributed by atoms with van der Waals surface area (Å²) in [6.45, 7) is 2.49. The van der Waals surface area contributed by atoms with Crippen molar-refractivity contribution in [3.05, 3.63) is 71.3 Å². The van der Waals surface area contributed by atoms with Crippen LogP contribution in [0.3, 0.4) is 0 Å². The molecule has 1 aliphatic rings. The Kier molecular flexibility index (Phi) is 6.17. The SMILES string of the molecule is CCOc1ccc(N=C2NC(=O)SC2=Cc2ccc(-c3ccc(S(N)(=O)=O)cc3)o2)cc1. The van der Waals surface area contributed by atoms with E-state index in [1.807, 2.05) is 19.1 Å². The Morgan fingerprint density at radius 3 is 2.47 bits per heavy atom. The number of amides is 1. The van der Waals surface area contributed by atoms with Gasteiger partial charge in [-0.3, -0.25) is 4.79 Å². The Labute approximate surface area is 189 Å². The smallest absolute Gasteiger partial charge is 0.289 e. The van der Waals surface area contributed by atoms with Crippen LogP contribution in [0.4, 0.5) is 10.5 Å². The van der Waals surface area contributed by atoms with Gasteiger partial charge in [-0.05, 0) is 85.4 Å². The summed E-state index contributed by atoms with van der Waals surface area (Å²) in [5, 5.41) is 7.63. The number of hydrogen-bond acceptors (Lipinski definition) is 7.